The fourth-order valence-electron chi connectivity index (χ4n) is 3.00. The van der Waals surface area contributed by atoms with Crippen LogP contribution in [0.1, 0.15) is 28.9 Å². The van der Waals surface area contributed by atoms with E-state index in [0.717, 1.165) is 22.4 Å². The van der Waals surface area contributed by atoms with Crippen LogP contribution in [-0.2, 0) is 17.8 Å². The van der Waals surface area contributed by atoms with Crippen molar-refractivity contribution in [3.05, 3.63) is 57.3 Å². The first kappa shape index (κ1) is 18.4. The molecule has 0 fully saturated rings. The first-order chi connectivity index (χ1) is 12.9. The first-order valence-corrected chi connectivity index (χ1v) is 8.57. The summed E-state index contributed by atoms with van der Waals surface area (Å²) in [5, 5.41) is 13.9. The van der Waals surface area contributed by atoms with Gasteiger partial charge in [-0.1, -0.05) is 18.2 Å². The number of rotatable bonds is 6. The van der Waals surface area contributed by atoms with E-state index in [2.05, 4.69) is 30.6 Å². The Hall–Kier alpha value is -3.36. The molecule has 2 N–H and O–H groups in total. The van der Waals surface area contributed by atoms with Crippen molar-refractivity contribution in [3.8, 4) is 11.4 Å². The molecule has 9 nitrogen and oxygen atoms in total. The number of tetrazole rings is 1. The number of hydrogen-bond donors (Lipinski definition) is 2. The van der Waals surface area contributed by atoms with Gasteiger partial charge < -0.3 is 9.88 Å². The van der Waals surface area contributed by atoms with Crippen LogP contribution in [0.5, 0.6) is 0 Å². The third-order valence-electron chi connectivity index (χ3n) is 4.42. The molecular weight excluding hydrogens is 346 g/mol. The molecular formula is C18H21N7O2. The van der Waals surface area contributed by atoms with Crippen LogP contribution in [0.3, 0.4) is 0 Å². The highest BCUT2D eigenvalue weighted by molar-refractivity contribution is 5.76. The fourth-order valence-corrected chi connectivity index (χ4v) is 3.00. The number of H-pyrrole nitrogens is 2. The summed E-state index contributed by atoms with van der Waals surface area (Å²) in [5.41, 5.74) is 3.79. The van der Waals surface area contributed by atoms with Crippen LogP contribution < -0.4 is 5.69 Å². The third-order valence-corrected chi connectivity index (χ3v) is 4.42. The van der Waals surface area contributed by atoms with Gasteiger partial charge in [0.05, 0.1) is 0 Å². The Morgan fingerprint density at radius 1 is 1.26 bits per heavy atom. The molecule has 0 bridgehead atoms. The number of aromatic nitrogens is 6. The highest BCUT2D eigenvalue weighted by Crippen LogP contribution is 2.17. The molecule has 0 aliphatic heterocycles. The zero-order chi connectivity index (χ0) is 19.4. The lowest BCUT2D eigenvalue weighted by Crippen LogP contribution is -2.27. The van der Waals surface area contributed by atoms with E-state index in [4.69, 9.17) is 0 Å². The molecule has 2 heterocycles. The normalized spacial score (nSPS) is 10.8. The molecule has 0 unspecified atom stereocenters. The number of carbonyl (C=O) groups is 1. The SMILES string of the molecule is Cc1nc(=O)[nH]c(C)c1CCC(=O)N(C)Cc1cccc(-c2nn[nH]n2)c1. The lowest BCUT2D eigenvalue weighted by atomic mass is 10.1. The molecule has 0 atom stereocenters. The number of aryl methyl sites for hydroxylation is 2. The molecule has 0 saturated carbocycles. The van der Waals surface area contributed by atoms with Crippen LogP contribution >= 0.6 is 0 Å². The van der Waals surface area contributed by atoms with Gasteiger partial charge in [0.25, 0.3) is 0 Å². The van der Waals surface area contributed by atoms with Gasteiger partial charge in [0, 0.05) is 37.0 Å². The Labute approximate surface area is 155 Å². The number of benzene rings is 1. The van der Waals surface area contributed by atoms with Crippen LogP contribution in [0.25, 0.3) is 11.4 Å². The summed E-state index contributed by atoms with van der Waals surface area (Å²) in [5.74, 6) is 0.535. The van der Waals surface area contributed by atoms with E-state index in [1.165, 1.54) is 0 Å². The average molecular weight is 367 g/mol. The first-order valence-electron chi connectivity index (χ1n) is 8.57. The Kier molecular flexibility index (Phi) is 5.39. The van der Waals surface area contributed by atoms with Crippen molar-refractivity contribution in [1.29, 1.82) is 0 Å². The predicted molar refractivity (Wildman–Crippen MR) is 98.7 cm³/mol. The maximum Gasteiger partial charge on any atom is 0.345 e. The predicted octanol–water partition coefficient (Wildman–Crippen LogP) is 1.16. The molecule has 3 aromatic rings. The molecule has 1 amide bonds. The van der Waals surface area contributed by atoms with Gasteiger partial charge in [-0.25, -0.2) is 4.79 Å². The zero-order valence-electron chi connectivity index (χ0n) is 15.5. The Balaban J connectivity index is 1.63. The number of nitrogens with one attached hydrogen (secondary N) is 2. The largest absolute Gasteiger partial charge is 0.345 e. The van der Waals surface area contributed by atoms with Gasteiger partial charge in [-0.3, -0.25) is 4.79 Å². The van der Waals surface area contributed by atoms with Crippen molar-refractivity contribution >= 4 is 5.91 Å². The molecule has 1 aromatic carbocycles. The summed E-state index contributed by atoms with van der Waals surface area (Å²) in [7, 11) is 1.77. The van der Waals surface area contributed by atoms with Crippen LogP contribution in [0.15, 0.2) is 29.1 Å². The highest BCUT2D eigenvalue weighted by atomic mass is 16.2. The molecule has 2 aromatic heterocycles. The van der Waals surface area contributed by atoms with Crippen LogP contribution in [-0.4, -0.2) is 48.4 Å². The van der Waals surface area contributed by atoms with Crippen molar-refractivity contribution in [2.24, 2.45) is 0 Å². The molecule has 27 heavy (non-hydrogen) atoms. The molecule has 0 spiro atoms. The summed E-state index contributed by atoms with van der Waals surface area (Å²) in [4.78, 5) is 32.2. The van der Waals surface area contributed by atoms with Crippen LogP contribution in [0.2, 0.25) is 0 Å². The van der Waals surface area contributed by atoms with Gasteiger partial charge in [0.15, 0.2) is 0 Å². The van der Waals surface area contributed by atoms with Crippen molar-refractivity contribution in [2.75, 3.05) is 7.05 Å². The van der Waals surface area contributed by atoms with Crippen LogP contribution in [0, 0.1) is 13.8 Å². The maximum absolute atomic E-state index is 12.5. The van der Waals surface area contributed by atoms with Crippen LogP contribution in [0.4, 0.5) is 0 Å². The summed E-state index contributed by atoms with van der Waals surface area (Å²) in [6.45, 7) is 4.09. The lowest BCUT2D eigenvalue weighted by molar-refractivity contribution is -0.130. The van der Waals surface area contributed by atoms with Gasteiger partial charge in [-0.2, -0.15) is 10.2 Å². The van der Waals surface area contributed by atoms with E-state index in [-0.39, 0.29) is 11.6 Å². The third kappa shape index (κ3) is 4.43. The Bertz CT molecular complexity index is 969. The average Bonchev–Trinajstić information content (AvgIpc) is 3.15. The summed E-state index contributed by atoms with van der Waals surface area (Å²) in [6.07, 6.45) is 0.879. The Morgan fingerprint density at radius 2 is 2.07 bits per heavy atom. The summed E-state index contributed by atoms with van der Waals surface area (Å²) < 4.78 is 0. The molecule has 140 valence electrons. The molecule has 0 aliphatic carbocycles. The van der Waals surface area contributed by atoms with Gasteiger partial charge >= 0.3 is 5.69 Å². The second kappa shape index (κ2) is 7.90. The van der Waals surface area contributed by atoms with E-state index >= 15 is 0 Å². The molecule has 0 aliphatic rings. The van der Waals surface area contributed by atoms with Gasteiger partial charge in [-0.05, 0) is 42.7 Å². The summed E-state index contributed by atoms with van der Waals surface area (Å²) in [6, 6.07) is 7.69. The number of nitrogens with zero attached hydrogens (tertiary/aromatic N) is 5. The number of amides is 1. The van der Waals surface area contributed by atoms with Crippen molar-refractivity contribution in [1.82, 2.24) is 35.5 Å². The lowest BCUT2D eigenvalue weighted by Gasteiger charge is -2.18. The smallest absolute Gasteiger partial charge is 0.341 e. The second-order valence-corrected chi connectivity index (χ2v) is 6.42. The Morgan fingerprint density at radius 3 is 2.78 bits per heavy atom. The minimum atomic E-state index is -0.362. The monoisotopic (exact) mass is 367 g/mol. The van der Waals surface area contributed by atoms with Gasteiger partial charge in [0.1, 0.15) is 0 Å². The fraction of sp³-hybridized carbons (Fsp3) is 0.333. The summed E-state index contributed by atoms with van der Waals surface area (Å²) >= 11 is 0. The minimum absolute atomic E-state index is 0.0185. The van der Waals surface area contributed by atoms with E-state index in [0.29, 0.717) is 30.9 Å². The molecule has 9 heteroatoms. The van der Waals surface area contributed by atoms with Gasteiger partial charge in [-0.15, -0.1) is 10.2 Å². The van der Waals surface area contributed by atoms with E-state index in [9.17, 15) is 9.59 Å². The zero-order valence-corrected chi connectivity index (χ0v) is 15.5. The highest BCUT2D eigenvalue weighted by Gasteiger charge is 2.13. The van der Waals surface area contributed by atoms with E-state index < -0.39 is 0 Å². The number of aromatic amines is 2. The number of carbonyl (C=O) groups excluding carboxylic acids is 1. The number of hydrogen-bond acceptors (Lipinski definition) is 6. The second-order valence-electron chi connectivity index (χ2n) is 6.42. The van der Waals surface area contributed by atoms with Crippen molar-refractivity contribution in [3.63, 3.8) is 0 Å². The van der Waals surface area contributed by atoms with E-state index in [1.54, 1.807) is 18.9 Å². The molecule has 3 rings (SSSR count). The molecule has 0 saturated heterocycles. The van der Waals surface area contributed by atoms with Crippen molar-refractivity contribution < 1.29 is 4.79 Å². The molecule has 0 radical (unpaired) electrons. The maximum atomic E-state index is 12.5. The van der Waals surface area contributed by atoms with Gasteiger partial charge in [0.2, 0.25) is 11.7 Å². The quantitative estimate of drug-likeness (QED) is 0.674. The van der Waals surface area contributed by atoms with E-state index in [1.807, 2.05) is 31.2 Å². The topological polar surface area (TPSA) is 121 Å². The minimum Gasteiger partial charge on any atom is -0.341 e. The standard InChI is InChI=1S/C18H21N7O2/c1-11-15(12(2)20-18(27)19-11)7-8-16(26)25(3)10-13-5-4-6-14(9-13)17-21-23-24-22-17/h4-6,9H,7-8,10H2,1-3H3,(H,19,20,27)(H,21,22,23,24). The van der Waals surface area contributed by atoms with Crippen molar-refractivity contribution in [2.45, 2.75) is 33.2 Å².